The Hall–Kier alpha value is -1.84. The number of benzene rings is 2. The predicted octanol–water partition coefficient (Wildman–Crippen LogP) is 3.45. The second-order valence-electron chi connectivity index (χ2n) is 5.10. The van der Waals surface area contributed by atoms with Crippen molar-refractivity contribution in [3.8, 4) is 0 Å². The molecule has 0 saturated carbocycles. The van der Waals surface area contributed by atoms with E-state index in [1.807, 2.05) is 36.3 Å². The monoisotopic (exact) mass is 270 g/mol. The second-order valence-corrected chi connectivity index (χ2v) is 5.10. The van der Waals surface area contributed by atoms with Crippen LogP contribution in [0.5, 0.6) is 0 Å². The van der Waals surface area contributed by atoms with E-state index in [1.165, 1.54) is 16.7 Å². The van der Waals surface area contributed by atoms with Gasteiger partial charge < -0.3 is 10.6 Å². The van der Waals surface area contributed by atoms with E-state index in [9.17, 15) is 0 Å². The molecule has 0 saturated heterocycles. The van der Waals surface area contributed by atoms with Crippen LogP contribution in [-0.4, -0.2) is 12.2 Å². The van der Waals surface area contributed by atoms with Crippen molar-refractivity contribution in [3.05, 3.63) is 64.7 Å². The summed E-state index contributed by atoms with van der Waals surface area (Å²) in [4.78, 5) is 5.49. The lowest BCUT2D eigenvalue weighted by molar-refractivity contribution is -0.146. The minimum atomic E-state index is 0.748. The van der Waals surface area contributed by atoms with Crippen LogP contribution in [0.15, 0.2) is 42.5 Å². The maximum atomic E-state index is 5.93. The van der Waals surface area contributed by atoms with Gasteiger partial charge in [0.25, 0.3) is 0 Å². The molecule has 0 aliphatic heterocycles. The highest BCUT2D eigenvalue weighted by atomic mass is 16.7. The quantitative estimate of drug-likeness (QED) is 0.668. The van der Waals surface area contributed by atoms with Gasteiger partial charge in [0, 0.05) is 18.8 Å². The molecule has 20 heavy (non-hydrogen) atoms. The normalized spacial score (nSPS) is 11.0. The first-order chi connectivity index (χ1) is 9.60. The van der Waals surface area contributed by atoms with E-state index in [0.29, 0.717) is 0 Å². The molecule has 3 heteroatoms. The molecular formula is C17H22N2O. The van der Waals surface area contributed by atoms with Gasteiger partial charge >= 0.3 is 0 Å². The summed E-state index contributed by atoms with van der Waals surface area (Å²) in [5.41, 5.74) is 11.6. The summed E-state index contributed by atoms with van der Waals surface area (Å²) in [6, 6.07) is 14.5. The summed E-state index contributed by atoms with van der Waals surface area (Å²) in [5, 5.41) is 1.95. The third-order valence-corrected chi connectivity index (χ3v) is 3.53. The number of nitrogens with two attached hydrogens (primary N) is 1. The smallest absolute Gasteiger partial charge is 0.0575 e. The lowest BCUT2D eigenvalue weighted by Gasteiger charge is -2.21. The fourth-order valence-electron chi connectivity index (χ4n) is 2.23. The van der Waals surface area contributed by atoms with Gasteiger partial charge in [-0.05, 0) is 42.2 Å². The van der Waals surface area contributed by atoms with Gasteiger partial charge in [0.05, 0.1) is 7.11 Å². The Morgan fingerprint density at radius 2 is 1.70 bits per heavy atom. The summed E-state index contributed by atoms with van der Waals surface area (Å²) >= 11 is 0. The van der Waals surface area contributed by atoms with Crippen LogP contribution in [0, 0.1) is 13.8 Å². The van der Waals surface area contributed by atoms with Crippen LogP contribution in [0.4, 0.5) is 5.69 Å². The van der Waals surface area contributed by atoms with E-state index in [2.05, 4.69) is 25.1 Å². The number of aryl methyl sites for hydroxylation is 2. The molecule has 0 aromatic heterocycles. The average molecular weight is 270 g/mol. The van der Waals surface area contributed by atoms with Crippen molar-refractivity contribution in [2.75, 3.05) is 12.8 Å². The third kappa shape index (κ3) is 3.59. The molecule has 0 fully saturated rings. The molecule has 0 radical (unpaired) electrons. The zero-order valence-corrected chi connectivity index (χ0v) is 12.4. The van der Waals surface area contributed by atoms with E-state index < -0.39 is 0 Å². The molecule has 0 bridgehead atoms. The highest BCUT2D eigenvalue weighted by Crippen LogP contribution is 2.20. The second kappa shape index (κ2) is 6.55. The van der Waals surface area contributed by atoms with Crippen LogP contribution >= 0.6 is 0 Å². The van der Waals surface area contributed by atoms with Crippen LogP contribution in [0.3, 0.4) is 0 Å². The number of nitrogen functional groups attached to an aromatic ring is 1. The van der Waals surface area contributed by atoms with Crippen molar-refractivity contribution in [1.82, 2.24) is 5.06 Å². The van der Waals surface area contributed by atoms with Gasteiger partial charge in [0.2, 0.25) is 0 Å². The molecule has 0 amide bonds. The molecule has 2 rings (SSSR count). The lowest BCUT2D eigenvalue weighted by atomic mass is 10.0. The summed E-state index contributed by atoms with van der Waals surface area (Å²) in [6.45, 7) is 5.63. The number of hydroxylamine groups is 2. The molecule has 0 aliphatic carbocycles. The van der Waals surface area contributed by atoms with Gasteiger partial charge in [0.15, 0.2) is 0 Å². The Bertz CT molecular complexity index is 567. The Morgan fingerprint density at radius 1 is 1.00 bits per heavy atom. The average Bonchev–Trinajstić information content (AvgIpc) is 2.45. The minimum Gasteiger partial charge on any atom is -0.399 e. The highest BCUT2D eigenvalue weighted by molar-refractivity contribution is 5.51. The van der Waals surface area contributed by atoms with Gasteiger partial charge in [-0.15, -0.1) is 0 Å². The van der Waals surface area contributed by atoms with E-state index in [4.69, 9.17) is 10.6 Å². The number of anilines is 1. The van der Waals surface area contributed by atoms with Crippen LogP contribution in [0.1, 0.15) is 22.3 Å². The van der Waals surface area contributed by atoms with E-state index in [-0.39, 0.29) is 0 Å². The van der Waals surface area contributed by atoms with Crippen LogP contribution < -0.4 is 5.73 Å². The Kier molecular flexibility index (Phi) is 4.77. The molecular weight excluding hydrogens is 248 g/mol. The molecule has 2 N–H and O–H groups in total. The summed E-state index contributed by atoms with van der Waals surface area (Å²) in [7, 11) is 1.71. The molecule has 2 aromatic carbocycles. The number of hydrogen-bond donors (Lipinski definition) is 1. The summed E-state index contributed by atoms with van der Waals surface area (Å²) in [5.74, 6) is 0. The first-order valence-electron chi connectivity index (χ1n) is 6.78. The summed E-state index contributed by atoms with van der Waals surface area (Å²) < 4.78 is 0. The van der Waals surface area contributed by atoms with Crippen LogP contribution in [0.25, 0.3) is 0 Å². The topological polar surface area (TPSA) is 38.5 Å². The SMILES string of the molecule is CON(Cc1ccccc1)Cc1cc(C)c(N)cc1C. The molecule has 0 unspecified atom stereocenters. The molecule has 2 aromatic rings. The zero-order chi connectivity index (χ0) is 14.5. The Balaban J connectivity index is 2.12. The molecule has 0 spiro atoms. The maximum Gasteiger partial charge on any atom is 0.0575 e. The van der Waals surface area contributed by atoms with Crippen LogP contribution in [0.2, 0.25) is 0 Å². The van der Waals surface area contributed by atoms with Gasteiger partial charge in [0.1, 0.15) is 0 Å². The van der Waals surface area contributed by atoms with Crippen molar-refractivity contribution in [2.24, 2.45) is 0 Å². The van der Waals surface area contributed by atoms with E-state index in [1.54, 1.807) is 7.11 Å². The summed E-state index contributed by atoms with van der Waals surface area (Å²) in [6.07, 6.45) is 0. The van der Waals surface area contributed by atoms with E-state index in [0.717, 1.165) is 24.3 Å². The minimum absolute atomic E-state index is 0.748. The van der Waals surface area contributed by atoms with Gasteiger partial charge in [-0.1, -0.05) is 36.4 Å². The molecule has 0 aliphatic rings. The maximum absolute atomic E-state index is 5.93. The largest absolute Gasteiger partial charge is 0.399 e. The van der Waals surface area contributed by atoms with Crippen molar-refractivity contribution in [3.63, 3.8) is 0 Å². The predicted molar refractivity (Wildman–Crippen MR) is 83.0 cm³/mol. The molecule has 3 nitrogen and oxygen atoms in total. The molecule has 0 heterocycles. The molecule has 0 atom stereocenters. The van der Waals surface area contributed by atoms with Gasteiger partial charge in [-0.2, -0.15) is 5.06 Å². The number of hydrogen-bond acceptors (Lipinski definition) is 3. The van der Waals surface area contributed by atoms with Gasteiger partial charge in [-0.3, -0.25) is 0 Å². The number of rotatable bonds is 5. The molecule has 106 valence electrons. The van der Waals surface area contributed by atoms with Crippen molar-refractivity contribution in [1.29, 1.82) is 0 Å². The lowest BCUT2D eigenvalue weighted by Crippen LogP contribution is -2.22. The van der Waals surface area contributed by atoms with Crippen LogP contribution in [-0.2, 0) is 17.9 Å². The van der Waals surface area contributed by atoms with Crippen molar-refractivity contribution >= 4 is 5.69 Å². The fourth-order valence-corrected chi connectivity index (χ4v) is 2.23. The zero-order valence-electron chi connectivity index (χ0n) is 12.4. The fraction of sp³-hybridized carbons (Fsp3) is 0.294. The Labute approximate surface area is 120 Å². The number of nitrogens with zero attached hydrogens (tertiary/aromatic N) is 1. The first-order valence-corrected chi connectivity index (χ1v) is 6.78. The van der Waals surface area contributed by atoms with Crippen molar-refractivity contribution in [2.45, 2.75) is 26.9 Å². The third-order valence-electron chi connectivity index (χ3n) is 3.53. The first kappa shape index (κ1) is 14.6. The highest BCUT2D eigenvalue weighted by Gasteiger charge is 2.09. The standard InChI is InChI=1S/C17H22N2O/c1-13-10-17(18)14(2)9-16(13)12-19(20-3)11-15-7-5-4-6-8-15/h4-10H,11-12,18H2,1-3H3. The van der Waals surface area contributed by atoms with Crippen molar-refractivity contribution < 1.29 is 4.84 Å². The Morgan fingerprint density at radius 3 is 2.35 bits per heavy atom. The van der Waals surface area contributed by atoms with E-state index >= 15 is 0 Å². The van der Waals surface area contributed by atoms with Gasteiger partial charge in [-0.25, -0.2) is 0 Å².